The van der Waals surface area contributed by atoms with Crippen molar-refractivity contribution in [1.82, 2.24) is 4.90 Å². The number of ether oxygens (including phenoxy) is 2. The molecular weight excluding hydrogens is 400 g/mol. The molecule has 2 bridgehead atoms. The molecule has 2 aromatic carbocycles. The number of phenols is 1. The highest BCUT2D eigenvalue weighted by molar-refractivity contribution is 5.90. The number of methoxy groups -OCH3 is 1. The Kier molecular flexibility index (Phi) is 5.99. The van der Waals surface area contributed by atoms with Crippen molar-refractivity contribution in [3.8, 4) is 11.5 Å². The summed E-state index contributed by atoms with van der Waals surface area (Å²) >= 11 is 0. The molecule has 8 nitrogen and oxygen atoms in total. The molecule has 3 aliphatic heterocycles. The van der Waals surface area contributed by atoms with Crippen molar-refractivity contribution in [2.24, 2.45) is 5.92 Å². The van der Waals surface area contributed by atoms with Gasteiger partial charge in [0.05, 0.1) is 24.9 Å². The number of carboxylic acid groups (broad SMARTS) is 1. The number of benzene rings is 2. The van der Waals surface area contributed by atoms with Crippen LogP contribution in [0.4, 0.5) is 10.5 Å². The molecule has 3 saturated heterocycles. The predicted molar refractivity (Wildman–Crippen MR) is 114 cm³/mol. The minimum Gasteiger partial charge on any atom is -0.506 e. The van der Waals surface area contributed by atoms with E-state index < -0.39 is 12.1 Å². The number of phenolic OH excluding ortho intramolecular Hbond substituents is 1. The molecule has 0 saturated carbocycles. The summed E-state index contributed by atoms with van der Waals surface area (Å²) in [4.78, 5) is 28.3. The van der Waals surface area contributed by atoms with Crippen molar-refractivity contribution in [1.29, 1.82) is 0 Å². The maximum Gasteiger partial charge on any atom is 0.415 e. The molecule has 2 aromatic rings. The molecule has 1 atom stereocenters. The van der Waals surface area contributed by atoms with Crippen LogP contribution in [0, 0.1) is 5.92 Å². The number of fused-ring (bicyclic) bond motifs is 3. The first kappa shape index (κ1) is 21.0. The lowest BCUT2D eigenvalue weighted by Gasteiger charge is -2.44. The Balaban J connectivity index is 1.63. The van der Waals surface area contributed by atoms with E-state index in [9.17, 15) is 19.8 Å². The van der Waals surface area contributed by atoms with Gasteiger partial charge in [0.2, 0.25) is 0 Å². The van der Waals surface area contributed by atoms with Gasteiger partial charge in [-0.25, -0.2) is 9.59 Å². The van der Waals surface area contributed by atoms with Gasteiger partial charge in [-0.1, -0.05) is 12.1 Å². The molecule has 2 N–H and O–H groups in total. The topological polar surface area (TPSA) is 99.5 Å². The molecule has 164 valence electrons. The number of anilines is 1. The maximum absolute atomic E-state index is 13.3. The quantitative estimate of drug-likeness (QED) is 0.731. The Hall–Kier alpha value is -3.26. The van der Waals surface area contributed by atoms with Gasteiger partial charge in [-0.15, -0.1) is 0 Å². The van der Waals surface area contributed by atoms with Crippen LogP contribution in [0.15, 0.2) is 42.5 Å². The second kappa shape index (κ2) is 8.85. The lowest BCUT2D eigenvalue weighted by Crippen LogP contribution is -2.53. The van der Waals surface area contributed by atoms with E-state index in [1.54, 1.807) is 24.3 Å². The Morgan fingerprint density at radius 3 is 2.58 bits per heavy atom. The molecule has 3 heterocycles. The van der Waals surface area contributed by atoms with Crippen LogP contribution >= 0.6 is 0 Å². The summed E-state index contributed by atoms with van der Waals surface area (Å²) in [6.45, 7) is 2.81. The average molecular weight is 426 g/mol. The van der Waals surface area contributed by atoms with Crippen LogP contribution in [0.2, 0.25) is 0 Å². The first-order valence-electron chi connectivity index (χ1n) is 10.3. The third kappa shape index (κ3) is 4.59. The summed E-state index contributed by atoms with van der Waals surface area (Å²) in [5.74, 6) is -0.327. The number of amides is 1. The number of nitrogens with zero attached hydrogens (tertiary/aromatic N) is 2. The highest BCUT2D eigenvalue weighted by Gasteiger charge is 2.37. The monoisotopic (exact) mass is 426 g/mol. The van der Waals surface area contributed by atoms with E-state index in [-0.39, 0.29) is 29.6 Å². The number of carboxylic acids is 1. The predicted octanol–water partition coefficient (Wildman–Crippen LogP) is 3.34. The summed E-state index contributed by atoms with van der Waals surface area (Å²) in [6, 6.07) is 11.0. The van der Waals surface area contributed by atoms with E-state index in [4.69, 9.17) is 9.47 Å². The number of aromatic hydroxyl groups is 1. The fraction of sp³-hybridized carbons (Fsp3) is 0.391. The van der Waals surface area contributed by atoms with Gasteiger partial charge in [0.1, 0.15) is 17.6 Å². The molecule has 0 unspecified atom stereocenters. The molecule has 8 heteroatoms. The van der Waals surface area contributed by atoms with Crippen molar-refractivity contribution < 1.29 is 29.3 Å². The zero-order valence-electron chi connectivity index (χ0n) is 17.4. The van der Waals surface area contributed by atoms with Crippen LogP contribution in [0.25, 0.3) is 0 Å². The number of aromatic carboxylic acids is 1. The Morgan fingerprint density at radius 1 is 1.16 bits per heavy atom. The minimum atomic E-state index is -1.05. The molecular formula is C23H26N2O6. The van der Waals surface area contributed by atoms with E-state index >= 15 is 0 Å². The van der Waals surface area contributed by atoms with Crippen LogP contribution in [-0.4, -0.2) is 60.0 Å². The average Bonchev–Trinajstić information content (AvgIpc) is 2.79. The van der Waals surface area contributed by atoms with E-state index in [1.807, 2.05) is 0 Å². The number of carbonyl (C=O) groups excluding carboxylic acids is 1. The fourth-order valence-electron chi connectivity index (χ4n) is 4.32. The summed E-state index contributed by atoms with van der Waals surface area (Å²) < 4.78 is 11.2. The number of rotatable bonds is 6. The standard InChI is InChI=1S/C23H26N2O6/c1-30-18-5-6-20(26)19(12-18)25(13-15-3-2-4-17(11-15)22(27)28)23(29)31-21-14-24-9-7-16(21)8-10-24/h2-6,11-12,16,21,26H,7-10,13-14H2,1H3,(H,27,28)/t21-/m0/s1. The smallest absolute Gasteiger partial charge is 0.415 e. The van der Waals surface area contributed by atoms with E-state index in [0.717, 1.165) is 25.9 Å². The molecule has 0 spiro atoms. The van der Waals surface area contributed by atoms with Gasteiger partial charge in [-0.05, 0) is 61.7 Å². The lowest BCUT2D eigenvalue weighted by molar-refractivity contribution is -0.0311. The molecule has 3 fully saturated rings. The second-order valence-corrected chi connectivity index (χ2v) is 8.01. The zero-order valence-corrected chi connectivity index (χ0v) is 17.4. The van der Waals surface area contributed by atoms with E-state index in [0.29, 0.717) is 23.8 Å². The maximum atomic E-state index is 13.3. The molecule has 5 rings (SSSR count). The SMILES string of the molecule is COc1ccc(O)c(N(Cc2cccc(C(=O)O)c2)C(=O)O[C@H]2CN3CCC2CC3)c1. The molecule has 0 aromatic heterocycles. The van der Waals surface area contributed by atoms with E-state index in [2.05, 4.69) is 4.90 Å². The second-order valence-electron chi connectivity index (χ2n) is 8.01. The Labute approximate surface area is 180 Å². The normalized spacial score (nSPS) is 22.0. The number of hydrogen-bond donors (Lipinski definition) is 2. The van der Waals surface area contributed by atoms with Gasteiger partial charge < -0.3 is 19.7 Å². The molecule has 0 aliphatic carbocycles. The lowest BCUT2D eigenvalue weighted by atomic mass is 9.86. The molecule has 1 amide bonds. The number of hydrogen-bond acceptors (Lipinski definition) is 6. The zero-order chi connectivity index (χ0) is 22.0. The van der Waals surface area contributed by atoms with Gasteiger partial charge >= 0.3 is 12.1 Å². The van der Waals surface area contributed by atoms with Crippen LogP contribution in [0.3, 0.4) is 0 Å². The third-order valence-electron chi connectivity index (χ3n) is 6.06. The summed E-state index contributed by atoms with van der Waals surface area (Å²) in [6.07, 6.45) is 1.23. The van der Waals surface area contributed by atoms with Crippen LogP contribution in [0.5, 0.6) is 11.5 Å². The van der Waals surface area contributed by atoms with Crippen LogP contribution in [0.1, 0.15) is 28.8 Å². The van der Waals surface area contributed by atoms with Crippen molar-refractivity contribution in [3.63, 3.8) is 0 Å². The minimum absolute atomic E-state index is 0.0434. The van der Waals surface area contributed by atoms with Gasteiger partial charge in [0.15, 0.2) is 0 Å². The van der Waals surface area contributed by atoms with Crippen molar-refractivity contribution in [3.05, 3.63) is 53.6 Å². The van der Waals surface area contributed by atoms with Gasteiger partial charge in [-0.2, -0.15) is 0 Å². The number of carbonyl (C=O) groups is 2. The number of piperidine rings is 3. The van der Waals surface area contributed by atoms with Crippen molar-refractivity contribution in [2.45, 2.75) is 25.5 Å². The van der Waals surface area contributed by atoms with Crippen molar-refractivity contribution >= 4 is 17.7 Å². The van der Waals surface area contributed by atoms with E-state index in [1.165, 1.54) is 30.2 Å². The molecule has 0 radical (unpaired) electrons. The first-order chi connectivity index (χ1) is 14.9. The highest BCUT2D eigenvalue weighted by Crippen LogP contribution is 2.35. The van der Waals surface area contributed by atoms with Gasteiger partial charge in [0, 0.05) is 12.6 Å². The van der Waals surface area contributed by atoms with Gasteiger partial charge in [0.25, 0.3) is 0 Å². The molecule has 31 heavy (non-hydrogen) atoms. The summed E-state index contributed by atoms with van der Waals surface area (Å²) in [5, 5.41) is 19.8. The van der Waals surface area contributed by atoms with Crippen LogP contribution < -0.4 is 9.64 Å². The Bertz CT molecular complexity index is 970. The fourth-order valence-corrected chi connectivity index (χ4v) is 4.32. The largest absolute Gasteiger partial charge is 0.506 e. The summed E-state index contributed by atoms with van der Waals surface area (Å²) in [7, 11) is 1.50. The van der Waals surface area contributed by atoms with Gasteiger partial charge in [-0.3, -0.25) is 9.80 Å². The van der Waals surface area contributed by atoms with Crippen molar-refractivity contribution in [2.75, 3.05) is 31.6 Å². The third-order valence-corrected chi connectivity index (χ3v) is 6.06. The molecule has 3 aliphatic rings. The Morgan fingerprint density at radius 2 is 1.94 bits per heavy atom. The summed E-state index contributed by atoms with van der Waals surface area (Å²) in [5.41, 5.74) is 0.970. The highest BCUT2D eigenvalue weighted by atomic mass is 16.6. The first-order valence-corrected chi connectivity index (χ1v) is 10.3. The van der Waals surface area contributed by atoms with Crippen LogP contribution in [-0.2, 0) is 11.3 Å².